The average Bonchev–Trinajstić information content (AvgIpc) is 2.62. The van der Waals surface area contributed by atoms with Crippen molar-refractivity contribution in [3.8, 4) is 11.5 Å². The van der Waals surface area contributed by atoms with E-state index in [1.54, 1.807) is 6.92 Å². The molecule has 1 amide bonds. The number of rotatable bonds is 9. The van der Waals surface area contributed by atoms with Crippen LogP contribution < -0.4 is 14.8 Å². The van der Waals surface area contributed by atoms with Crippen molar-refractivity contribution in [1.82, 2.24) is 5.32 Å². The highest BCUT2D eigenvalue weighted by molar-refractivity contribution is 5.95. The monoisotopic (exact) mass is 363 g/mol. The Hall–Kier alpha value is -2.63. The number of amides is 1. The van der Waals surface area contributed by atoms with Crippen LogP contribution in [0.5, 0.6) is 11.5 Å². The van der Waals surface area contributed by atoms with Gasteiger partial charge >= 0.3 is 6.61 Å². The Morgan fingerprint density at radius 3 is 2.50 bits per heavy atom. The molecule has 2 aromatic rings. The number of hydrogen-bond acceptors (Lipinski definition) is 3. The standard InChI is InChI=1S/C20H23F2NO3/c1-3-25-18-13-16(11-12-17(18)26-20(21)22)19(24)23-14(2)9-10-15-7-5-4-6-8-15/h4-8,11-14,20H,3,9-10H2,1-2H3,(H,23,24). The lowest BCUT2D eigenvalue weighted by Crippen LogP contribution is -2.32. The van der Waals surface area contributed by atoms with Crippen LogP contribution in [-0.4, -0.2) is 25.2 Å². The maximum Gasteiger partial charge on any atom is 0.387 e. The molecule has 0 saturated carbocycles. The average molecular weight is 363 g/mol. The zero-order chi connectivity index (χ0) is 18.9. The highest BCUT2D eigenvalue weighted by Crippen LogP contribution is 2.30. The van der Waals surface area contributed by atoms with Crippen LogP contribution >= 0.6 is 0 Å². The minimum absolute atomic E-state index is 0.0322. The van der Waals surface area contributed by atoms with E-state index >= 15 is 0 Å². The summed E-state index contributed by atoms with van der Waals surface area (Å²) in [6.45, 7) is 0.980. The second kappa shape index (κ2) is 9.75. The fraction of sp³-hybridized carbons (Fsp3) is 0.350. The van der Waals surface area contributed by atoms with Crippen molar-refractivity contribution in [2.45, 2.75) is 39.3 Å². The number of nitrogens with one attached hydrogen (secondary N) is 1. The Kier molecular flexibility index (Phi) is 7.38. The molecule has 0 fully saturated rings. The molecule has 6 heteroatoms. The smallest absolute Gasteiger partial charge is 0.387 e. The van der Waals surface area contributed by atoms with E-state index in [1.165, 1.54) is 23.8 Å². The zero-order valence-corrected chi connectivity index (χ0v) is 14.9. The molecule has 26 heavy (non-hydrogen) atoms. The van der Waals surface area contributed by atoms with Gasteiger partial charge in [-0.15, -0.1) is 0 Å². The Balaban J connectivity index is 1.98. The van der Waals surface area contributed by atoms with Gasteiger partial charge in [0.2, 0.25) is 0 Å². The number of hydrogen-bond donors (Lipinski definition) is 1. The third-order valence-corrected chi connectivity index (χ3v) is 3.81. The normalized spacial score (nSPS) is 11.9. The number of aryl methyl sites for hydroxylation is 1. The molecular formula is C20H23F2NO3. The highest BCUT2D eigenvalue weighted by Gasteiger charge is 2.16. The highest BCUT2D eigenvalue weighted by atomic mass is 19.3. The van der Waals surface area contributed by atoms with Crippen LogP contribution in [0.1, 0.15) is 36.2 Å². The van der Waals surface area contributed by atoms with E-state index < -0.39 is 6.61 Å². The van der Waals surface area contributed by atoms with Gasteiger partial charge in [-0.2, -0.15) is 8.78 Å². The lowest BCUT2D eigenvalue weighted by molar-refractivity contribution is -0.0514. The predicted molar refractivity (Wildman–Crippen MR) is 95.9 cm³/mol. The molecule has 0 aliphatic heterocycles. The van der Waals surface area contributed by atoms with Crippen LogP contribution in [-0.2, 0) is 6.42 Å². The molecule has 0 bridgehead atoms. The van der Waals surface area contributed by atoms with Gasteiger partial charge in [0.05, 0.1) is 6.61 Å². The summed E-state index contributed by atoms with van der Waals surface area (Å²) in [7, 11) is 0. The minimum Gasteiger partial charge on any atom is -0.490 e. The van der Waals surface area contributed by atoms with Crippen molar-refractivity contribution in [3.63, 3.8) is 0 Å². The minimum atomic E-state index is -2.95. The van der Waals surface area contributed by atoms with Gasteiger partial charge in [-0.05, 0) is 50.5 Å². The van der Waals surface area contributed by atoms with Crippen molar-refractivity contribution >= 4 is 5.91 Å². The topological polar surface area (TPSA) is 47.6 Å². The van der Waals surface area contributed by atoms with Gasteiger partial charge < -0.3 is 14.8 Å². The number of benzene rings is 2. The molecule has 0 radical (unpaired) electrons. The SMILES string of the molecule is CCOc1cc(C(=O)NC(C)CCc2ccccc2)ccc1OC(F)F. The second-order valence-electron chi connectivity index (χ2n) is 5.87. The van der Waals surface area contributed by atoms with Gasteiger partial charge in [0.15, 0.2) is 11.5 Å². The summed E-state index contributed by atoms with van der Waals surface area (Å²) in [6.07, 6.45) is 1.65. The first kappa shape index (κ1) is 19.7. The summed E-state index contributed by atoms with van der Waals surface area (Å²) in [5.41, 5.74) is 1.54. The predicted octanol–water partition coefficient (Wildman–Crippen LogP) is 4.44. The third-order valence-electron chi connectivity index (χ3n) is 3.81. The van der Waals surface area contributed by atoms with E-state index in [1.807, 2.05) is 37.3 Å². The molecule has 4 nitrogen and oxygen atoms in total. The summed E-state index contributed by atoms with van der Waals surface area (Å²) >= 11 is 0. The molecule has 0 saturated heterocycles. The van der Waals surface area contributed by atoms with Crippen LogP contribution in [0.3, 0.4) is 0 Å². The van der Waals surface area contributed by atoms with E-state index in [2.05, 4.69) is 10.1 Å². The van der Waals surface area contributed by atoms with E-state index in [9.17, 15) is 13.6 Å². The van der Waals surface area contributed by atoms with Gasteiger partial charge in [-0.3, -0.25) is 4.79 Å². The fourth-order valence-electron chi connectivity index (χ4n) is 2.52. The summed E-state index contributed by atoms with van der Waals surface area (Å²) < 4.78 is 34.6. The Labute approximate surface area is 152 Å². The number of carbonyl (C=O) groups is 1. The maximum atomic E-state index is 12.4. The van der Waals surface area contributed by atoms with Crippen molar-refractivity contribution in [2.24, 2.45) is 0 Å². The van der Waals surface area contributed by atoms with E-state index in [0.717, 1.165) is 12.8 Å². The first-order valence-corrected chi connectivity index (χ1v) is 8.56. The largest absolute Gasteiger partial charge is 0.490 e. The molecule has 2 rings (SSSR count). The lowest BCUT2D eigenvalue weighted by Gasteiger charge is -2.16. The number of carbonyl (C=O) groups excluding carboxylic acids is 1. The van der Waals surface area contributed by atoms with Crippen molar-refractivity contribution < 1.29 is 23.0 Å². The van der Waals surface area contributed by atoms with Gasteiger partial charge in [0.1, 0.15) is 0 Å². The van der Waals surface area contributed by atoms with E-state index in [4.69, 9.17) is 4.74 Å². The second-order valence-corrected chi connectivity index (χ2v) is 5.87. The van der Waals surface area contributed by atoms with Crippen molar-refractivity contribution in [2.75, 3.05) is 6.61 Å². The van der Waals surface area contributed by atoms with Gasteiger partial charge in [0.25, 0.3) is 5.91 Å². The van der Waals surface area contributed by atoms with Crippen LogP contribution in [0.25, 0.3) is 0 Å². The van der Waals surface area contributed by atoms with E-state index in [-0.39, 0.29) is 30.1 Å². The number of alkyl halides is 2. The van der Waals surface area contributed by atoms with Crippen LogP contribution in [0.4, 0.5) is 8.78 Å². The Bertz CT molecular complexity index is 707. The zero-order valence-electron chi connectivity index (χ0n) is 14.9. The summed E-state index contributed by atoms with van der Waals surface area (Å²) in [4.78, 5) is 12.4. The first-order valence-electron chi connectivity index (χ1n) is 8.56. The maximum absolute atomic E-state index is 12.4. The van der Waals surface area contributed by atoms with Crippen LogP contribution in [0.15, 0.2) is 48.5 Å². The molecule has 0 heterocycles. The number of ether oxygens (including phenoxy) is 2. The Morgan fingerprint density at radius 2 is 1.85 bits per heavy atom. The molecule has 1 unspecified atom stereocenters. The molecule has 0 aromatic heterocycles. The molecule has 2 aromatic carbocycles. The molecule has 140 valence electrons. The van der Waals surface area contributed by atoms with Crippen LogP contribution in [0.2, 0.25) is 0 Å². The van der Waals surface area contributed by atoms with Gasteiger partial charge in [-0.1, -0.05) is 30.3 Å². The van der Waals surface area contributed by atoms with Crippen LogP contribution in [0, 0.1) is 0 Å². The summed E-state index contributed by atoms with van der Waals surface area (Å²) in [5.74, 6) is -0.247. The Morgan fingerprint density at radius 1 is 1.12 bits per heavy atom. The van der Waals surface area contributed by atoms with Crippen molar-refractivity contribution in [3.05, 3.63) is 59.7 Å². The third kappa shape index (κ3) is 6.02. The molecule has 0 aliphatic carbocycles. The van der Waals surface area contributed by atoms with E-state index in [0.29, 0.717) is 5.56 Å². The quantitative estimate of drug-likeness (QED) is 0.717. The van der Waals surface area contributed by atoms with Gasteiger partial charge in [0, 0.05) is 11.6 Å². The number of halogens is 2. The lowest BCUT2D eigenvalue weighted by atomic mass is 10.1. The van der Waals surface area contributed by atoms with Crippen molar-refractivity contribution in [1.29, 1.82) is 0 Å². The van der Waals surface area contributed by atoms with Gasteiger partial charge in [-0.25, -0.2) is 0 Å². The molecular weight excluding hydrogens is 340 g/mol. The fourth-order valence-corrected chi connectivity index (χ4v) is 2.52. The summed E-state index contributed by atoms with van der Waals surface area (Å²) in [6, 6.07) is 14.2. The summed E-state index contributed by atoms with van der Waals surface area (Å²) in [5, 5.41) is 2.91. The molecule has 0 aliphatic rings. The molecule has 1 N–H and O–H groups in total. The first-order chi connectivity index (χ1) is 12.5. The molecule has 0 spiro atoms. The molecule has 1 atom stereocenters.